The highest BCUT2D eigenvalue weighted by Crippen LogP contribution is 2.22. The topological polar surface area (TPSA) is 60.9 Å². The number of carbonyl (C=O) groups excluding carboxylic acids is 1. The van der Waals surface area contributed by atoms with E-state index in [1.54, 1.807) is 23.1 Å². The van der Waals surface area contributed by atoms with Crippen molar-refractivity contribution in [2.45, 2.75) is 13.5 Å². The van der Waals surface area contributed by atoms with Crippen LogP contribution < -0.4 is 0 Å². The molecule has 0 bridgehead atoms. The van der Waals surface area contributed by atoms with E-state index in [1.165, 1.54) is 6.92 Å². The molecule has 0 aliphatic heterocycles. The fourth-order valence-corrected chi connectivity index (χ4v) is 2.17. The number of benzene rings is 1. The molecule has 0 saturated carbocycles. The second kappa shape index (κ2) is 5.65. The van der Waals surface area contributed by atoms with Crippen LogP contribution in [0.4, 0.5) is 0 Å². The largest absolute Gasteiger partial charge is 0.439 e. The van der Waals surface area contributed by atoms with Crippen molar-refractivity contribution in [2.75, 3.05) is 0 Å². The second-order valence-electron chi connectivity index (χ2n) is 4.58. The quantitative estimate of drug-likeness (QED) is 0.678. The third-order valence-corrected chi connectivity index (χ3v) is 3.51. The van der Waals surface area contributed by atoms with Gasteiger partial charge < -0.3 is 4.42 Å². The van der Waals surface area contributed by atoms with Gasteiger partial charge in [-0.25, -0.2) is 4.98 Å². The van der Waals surface area contributed by atoms with Crippen molar-refractivity contribution in [3.05, 3.63) is 58.8 Å². The molecule has 21 heavy (non-hydrogen) atoms. The molecule has 0 aliphatic rings. The van der Waals surface area contributed by atoms with Gasteiger partial charge in [-0.3, -0.25) is 9.48 Å². The van der Waals surface area contributed by atoms with E-state index in [0.717, 1.165) is 10.0 Å². The Bertz CT molecular complexity index is 774. The highest BCUT2D eigenvalue weighted by molar-refractivity contribution is 9.10. The third-order valence-electron chi connectivity index (χ3n) is 2.98. The van der Waals surface area contributed by atoms with Crippen LogP contribution in [0.1, 0.15) is 23.3 Å². The number of hydrogen-bond donors (Lipinski definition) is 0. The summed E-state index contributed by atoms with van der Waals surface area (Å²) in [6, 6.07) is 9.49. The number of ketones is 1. The molecule has 0 amide bonds. The van der Waals surface area contributed by atoms with Gasteiger partial charge in [0.2, 0.25) is 5.89 Å². The highest BCUT2D eigenvalue weighted by Gasteiger charge is 2.09. The van der Waals surface area contributed by atoms with E-state index in [4.69, 9.17) is 4.42 Å². The van der Waals surface area contributed by atoms with Gasteiger partial charge in [0.15, 0.2) is 11.5 Å². The lowest BCUT2D eigenvalue weighted by molar-refractivity contribution is 0.101. The average molecular weight is 346 g/mol. The first-order valence-electron chi connectivity index (χ1n) is 6.37. The normalized spacial score (nSPS) is 10.8. The van der Waals surface area contributed by atoms with E-state index >= 15 is 0 Å². The Morgan fingerprint density at radius 1 is 1.29 bits per heavy atom. The molecule has 0 unspecified atom stereocenters. The summed E-state index contributed by atoms with van der Waals surface area (Å²) in [4.78, 5) is 15.4. The first kappa shape index (κ1) is 13.8. The molecule has 0 fully saturated rings. The van der Waals surface area contributed by atoms with Crippen molar-refractivity contribution in [1.82, 2.24) is 14.8 Å². The second-order valence-corrected chi connectivity index (χ2v) is 5.50. The van der Waals surface area contributed by atoms with Crippen LogP contribution in [0.25, 0.3) is 11.3 Å². The summed E-state index contributed by atoms with van der Waals surface area (Å²) in [7, 11) is 0. The van der Waals surface area contributed by atoms with E-state index in [-0.39, 0.29) is 5.78 Å². The first-order chi connectivity index (χ1) is 10.1. The third kappa shape index (κ3) is 3.11. The number of Topliss-reactive ketones (excluding diaryl/α,β-unsaturated/α-hetero) is 1. The maximum absolute atomic E-state index is 11.2. The summed E-state index contributed by atoms with van der Waals surface area (Å²) in [6.07, 6.45) is 3.42. The SMILES string of the molecule is CC(=O)c1ccn(Cc2ncc(-c3ccc(Br)cc3)o2)n1. The summed E-state index contributed by atoms with van der Waals surface area (Å²) in [6.45, 7) is 1.88. The Morgan fingerprint density at radius 2 is 2.05 bits per heavy atom. The molecule has 6 heteroatoms. The highest BCUT2D eigenvalue weighted by atomic mass is 79.9. The molecule has 0 spiro atoms. The molecule has 1 aromatic carbocycles. The van der Waals surface area contributed by atoms with Crippen LogP contribution in [-0.2, 0) is 6.54 Å². The van der Waals surface area contributed by atoms with Gasteiger partial charge in [0, 0.05) is 23.2 Å². The zero-order valence-electron chi connectivity index (χ0n) is 11.3. The zero-order chi connectivity index (χ0) is 14.8. The van der Waals surface area contributed by atoms with Crippen LogP contribution >= 0.6 is 15.9 Å². The van der Waals surface area contributed by atoms with Crippen LogP contribution in [0.15, 0.2) is 51.6 Å². The van der Waals surface area contributed by atoms with Crippen molar-refractivity contribution < 1.29 is 9.21 Å². The van der Waals surface area contributed by atoms with Gasteiger partial charge in [-0.15, -0.1) is 0 Å². The molecule has 0 atom stereocenters. The fraction of sp³-hybridized carbons (Fsp3) is 0.133. The minimum atomic E-state index is -0.0586. The molecule has 5 nitrogen and oxygen atoms in total. The molecule has 2 aromatic heterocycles. The number of rotatable bonds is 4. The van der Waals surface area contributed by atoms with Gasteiger partial charge in [0.25, 0.3) is 0 Å². The van der Waals surface area contributed by atoms with Crippen molar-refractivity contribution >= 4 is 21.7 Å². The molecule has 3 aromatic rings. The van der Waals surface area contributed by atoms with E-state index in [1.807, 2.05) is 24.3 Å². The summed E-state index contributed by atoms with van der Waals surface area (Å²) < 4.78 is 8.36. The number of oxazole rings is 1. The lowest BCUT2D eigenvalue weighted by Crippen LogP contribution is -2.02. The predicted molar refractivity (Wildman–Crippen MR) is 81.0 cm³/mol. The monoisotopic (exact) mass is 345 g/mol. The van der Waals surface area contributed by atoms with Crippen LogP contribution in [0.5, 0.6) is 0 Å². The van der Waals surface area contributed by atoms with Crippen molar-refractivity contribution in [3.63, 3.8) is 0 Å². The summed E-state index contributed by atoms with van der Waals surface area (Å²) in [5.74, 6) is 1.19. The lowest BCUT2D eigenvalue weighted by Gasteiger charge is -1.98. The van der Waals surface area contributed by atoms with Crippen LogP contribution in [0.3, 0.4) is 0 Å². The van der Waals surface area contributed by atoms with Gasteiger partial charge in [-0.1, -0.05) is 28.1 Å². The molecule has 0 N–H and O–H groups in total. The van der Waals surface area contributed by atoms with E-state index in [9.17, 15) is 4.79 Å². The lowest BCUT2D eigenvalue weighted by atomic mass is 10.2. The Kier molecular flexibility index (Phi) is 3.70. The van der Waals surface area contributed by atoms with Crippen LogP contribution in [-0.4, -0.2) is 20.5 Å². The number of nitrogens with zero attached hydrogens (tertiary/aromatic N) is 3. The number of aromatic nitrogens is 3. The van der Waals surface area contributed by atoms with Crippen LogP contribution in [0, 0.1) is 0 Å². The Morgan fingerprint density at radius 3 is 2.71 bits per heavy atom. The number of halogens is 1. The maximum atomic E-state index is 11.2. The van der Waals surface area contributed by atoms with Gasteiger partial charge in [0.05, 0.1) is 6.20 Å². The van der Waals surface area contributed by atoms with Crippen molar-refractivity contribution in [3.8, 4) is 11.3 Å². The number of hydrogen-bond acceptors (Lipinski definition) is 4. The Labute approximate surface area is 129 Å². The van der Waals surface area contributed by atoms with Crippen molar-refractivity contribution in [2.24, 2.45) is 0 Å². The molecule has 3 rings (SSSR count). The standard InChI is InChI=1S/C15H12BrN3O2/c1-10(20)13-6-7-19(18-13)9-15-17-8-14(21-15)11-2-4-12(16)5-3-11/h2-8H,9H2,1H3. The molecule has 0 aliphatic carbocycles. The molecule has 0 radical (unpaired) electrons. The first-order valence-corrected chi connectivity index (χ1v) is 7.16. The van der Waals surface area contributed by atoms with Crippen molar-refractivity contribution in [1.29, 1.82) is 0 Å². The van der Waals surface area contributed by atoms with Gasteiger partial charge in [-0.2, -0.15) is 5.10 Å². The maximum Gasteiger partial charge on any atom is 0.216 e. The van der Waals surface area contributed by atoms with Gasteiger partial charge in [-0.05, 0) is 18.2 Å². The van der Waals surface area contributed by atoms with E-state index in [2.05, 4.69) is 26.0 Å². The van der Waals surface area contributed by atoms with Gasteiger partial charge in [0.1, 0.15) is 12.2 Å². The van der Waals surface area contributed by atoms with Gasteiger partial charge >= 0.3 is 0 Å². The smallest absolute Gasteiger partial charge is 0.216 e. The predicted octanol–water partition coefficient (Wildman–Crippen LogP) is 3.55. The Balaban J connectivity index is 1.78. The molecular weight excluding hydrogens is 334 g/mol. The Hall–Kier alpha value is -2.21. The zero-order valence-corrected chi connectivity index (χ0v) is 12.9. The molecular formula is C15H12BrN3O2. The minimum absolute atomic E-state index is 0.0586. The fourth-order valence-electron chi connectivity index (χ4n) is 1.91. The summed E-state index contributed by atoms with van der Waals surface area (Å²) in [5, 5.41) is 4.16. The summed E-state index contributed by atoms with van der Waals surface area (Å²) in [5.41, 5.74) is 1.40. The van der Waals surface area contributed by atoms with Crippen LogP contribution in [0.2, 0.25) is 0 Å². The molecule has 2 heterocycles. The molecule has 0 saturated heterocycles. The number of carbonyl (C=O) groups is 1. The minimum Gasteiger partial charge on any atom is -0.439 e. The van der Waals surface area contributed by atoms with E-state index < -0.39 is 0 Å². The average Bonchev–Trinajstić information content (AvgIpc) is 3.10. The van der Waals surface area contributed by atoms with E-state index in [0.29, 0.717) is 23.9 Å². The summed E-state index contributed by atoms with van der Waals surface area (Å²) >= 11 is 3.40. The molecule has 106 valence electrons.